The smallest absolute Gasteiger partial charge is 0.309 e. The molecule has 0 spiro atoms. The van der Waals surface area contributed by atoms with Gasteiger partial charge in [-0.15, -0.1) is 0 Å². The van der Waals surface area contributed by atoms with Crippen LogP contribution in [0.2, 0.25) is 0 Å². The van der Waals surface area contributed by atoms with Crippen LogP contribution in [0.5, 0.6) is 0 Å². The van der Waals surface area contributed by atoms with Gasteiger partial charge in [0.25, 0.3) is 10.1 Å². The first kappa shape index (κ1) is 11.4. The number of methoxy groups -OCH3 is 1. The molecule has 0 saturated heterocycles. The molecular formula is C6H12O5S. The largest absolute Gasteiger partial charge is 0.469 e. The second-order valence-electron chi connectivity index (χ2n) is 2.32. The normalized spacial score (nSPS) is 13.9. The molecule has 6 heteroatoms. The van der Waals surface area contributed by atoms with Crippen molar-refractivity contribution in [3.63, 3.8) is 0 Å². The molecule has 0 heterocycles. The fourth-order valence-corrected chi connectivity index (χ4v) is 1.53. The van der Waals surface area contributed by atoms with Crippen molar-refractivity contribution in [2.75, 3.05) is 20.0 Å². The minimum Gasteiger partial charge on any atom is -0.469 e. The summed E-state index contributed by atoms with van der Waals surface area (Å²) in [6.45, 7) is 1.46. The highest BCUT2D eigenvalue weighted by Crippen LogP contribution is 2.03. The first-order valence-corrected chi connectivity index (χ1v) is 4.87. The van der Waals surface area contributed by atoms with Crippen LogP contribution in [0.25, 0.3) is 0 Å². The van der Waals surface area contributed by atoms with E-state index in [0.29, 0.717) is 0 Å². The summed E-state index contributed by atoms with van der Waals surface area (Å²) in [4.78, 5) is 10.8. The number of hydrogen-bond acceptors (Lipinski definition) is 5. The Balaban J connectivity index is 4.19. The van der Waals surface area contributed by atoms with E-state index < -0.39 is 22.0 Å². The number of ether oxygens (including phenoxy) is 1. The van der Waals surface area contributed by atoms with Crippen molar-refractivity contribution >= 4 is 16.1 Å². The van der Waals surface area contributed by atoms with Crippen LogP contribution in [0.15, 0.2) is 0 Å². The van der Waals surface area contributed by atoms with E-state index in [1.807, 2.05) is 0 Å². The van der Waals surface area contributed by atoms with Gasteiger partial charge in [0.2, 0.25) is 0 Å². The van der Waals surface area contributed by atoms with Gasteiger partial charge in [-0.1, -0.05) is 6.92 Å². The molecule has 5 nitrogen and oxygen atoms in total. The Bertz CT molecular complexity index is 243. The van der Waals surface area contributed by atoms with Crippen LogP contribution in [0.3, 0.4) is 0 Å². The van der Waals surface area contributed by atoms with Crippen molar-refractivity contribution in [1.82, 2.24) is 0 Å². The van der Waals surface area contributed by atoms with E-state index in [4.69, 9.17) is 0 Å². The number of esters is 1. The molecule has 0 fully saturated rings. The van der Waals surface area contributed by atoms with Crippen molar-refractivity contribution in [3.05, 3.63) is 0 Å². The molecule has 0 aromatic rings. The highest BCUT2D eigenvalue weighted by molar-refractivity contribution is 7.86. The lowest BCUT2D eigenvalue weighted by Crippen LogP contribution is -2.23. The van der Waals surface area contributed by atoms with Crippen LogP contribution >= 0.6 is 0 Å². The summed E-state index contributed by atoms with van der Waals surface area (Å²) in [6, 6.07) is 0. The van der Waals surface area contributed by atoms with E-state index in [1.165, 1.54) is 14.0 Å². The average molecular weight is 196 g/mol. The van der Waals surface area contributed by atoms with Gasteiger partial charge in [-0.2, -0.15) is 8.42 Å². The molecule has 1 atom stereocenters. The van der Waals surface area contributed by atoms with Gasteiger partial charge in [-0.25, -0.2) is 0 Å². The maximum atomic E-state index is 10.8. The van der Waals surface area contributed by atoms with Gasteiger partial charge in [0.05, 0.1) is 25.9 Å². The lowest BCUT2D eigenvalue weighted by atomic mass is 10.2. The van der Waals surface area contributed by atoms with Crippen molar-refractivity contribution in [3.8, 4) is 0 Å². The fourth-order valence-electron chi connectivity index (χ4n) is 0.643. The third-order valence-corrected chi connectivity index (χ3v) is 2.73. The zero-order chi connectivity index (χ0) is 9.78. The first-order valence-electron chi connectivity index (χ1n) is 3.29. The number of carbonyl (C=O) groups excluding carboxylic acids is 1. The molecule has 0 aliphatic heterocycles. The molecule has 0 aromatic carbocycles. The van der Waals surface area contributed by atoms with Gasteiger partial charge >= 0.3 is 5.97 Å². The predicted molar refractivity (Wildman–Crippen MR) is 42.0 cm³/mol. The van der Waals surface area contributed by atoms with Crippen LogP contribution in [0.4, 0.5) is 0 Å². The Morgan fingerprint density at radius 1 is 1.42 bits per heavy atom. The minimum absolute atomic E-state index is 0.351. The van der Waals surface area contributed by atoms with E-state index >= 15 is 0 Å². The second-order valence-corrected chi connectivity index (χ2v) is 4.10. The van der Waals surface area contributed by atoms with Gasteiger partial charge in [0, 0.05) is 0 Å². The summed E-state index contributed by atoms with van der Waals surface area (Å²) in [5.41, 5.74) is 0. The summed E-state index contributed by atoms with van der Waals surface area (Å²) in [5.74, 6) is -1.61. The van der Waals surface area contributed by atoms with Crippen molar-refractivity contribution in [2.45, 2.75) is 6.92 Å². The quantitative estimate of drug-likeness (QED) is 0.459. The topological polar surface area (TPSA) is 69.7 Å². The van der Waals surface area contributed by atoms with Crippen LogP contribution in [-0.4, -0.2) is 34.4 Å². The van der Waals surface area contributed by atoms with Crippen molar-refractivity contribution in [2.24, 2.45) is 5.92 Å². The third-order valence-electron chi connectivity index (χ3n) is 1.31. The lowest BCUT2D eigenvalue weighted by molar-refractivity contribution is -0.144. The monoisotopic (exact) mass is 196 g/mol. The molecular weight excluding hydrogens is 184 g/mol. The van der Waals surface area contributed by atoms with E-state index in [2.05, 4.69) is 8.92 Å². The summed E-state index contributed by atoms with van der Waals surface area (Å²) in [7, 11) is -1.31. The summed E-state index contributed by atoms with van der Waals surface area (Å²) < 4.78 is 30.1. The molecule has 0 saturated carbocycles. The van der Waals surface area contributed by atoms with Gasteiger partial charge in [0.1, 0.15) is 0 Å². The van der Waals surface area contributed by atoms with Crippen LogP contribution in [-0.2, 0) is 23.8 Å². The predicted octanol–water partition coefficient (Wildman–Crippen LogP) is -0.228. The van der Waals surface area contributed by atoms with E-state index in [0.717, 1.165) is 7.11 Å². The Labute approximate surface area is 71.8 Å². The molecule has 72 valence electrons. The summed E-state index contributed by atoms with van der Waals surface area (Å²) in [5, 5.41) is 0. The number of carbonyl (C=O) groups is 1. The highest BCUT2D eigenvalue weighted by atomic mass is 32.2. The third kappa shape index (κ3) is 3.68. The van der Waals surface area contributed by atoms with E-state index in [9.17, 15) is 13.2 Å². The Hall–Kier alpha value is -0.620. The maximum Gasteiger partial charge on any atom is 0.309 e. The van der Waals surface area contributed by atoms with E-state index in [1.54, 1.807) is 0 Å². The first-order chi connectivity index (χ1) is 5.43. The number of hydrogen-bond donors (Lipinski definition) is 0. The molecule has 0 N–H and O–H groups in total. The number of rotatable bonds is 4. The molecule has 0 rings (SSSR count). The van der Waals surface area contributed by atoms with Crippen LogP contribution in [0.1, 0.15) is 6.92 Å². The Kier molecular flexibility index (Phi) is 4.19. The van der Waals surface area contributed by atoms with E-state index in [-0.39, 0.29) is 5.75 Å². The summed E-state index contributed by atoms with van der Waals surface area (Å²) >= 11 is 0. The molecule has 12 heavy (non-hydrogen) atoms. The molecule has 0 radical (unpaired) electrons. The average Bonchev–Trinajstić information content (AvgIpc) is 2.02. The van der Waals surface area contributed by atoms with Crippen molar-refractivity contribution in [1.29, 1.82) is 0 Å². The maximum absolute atomic E-state index is 10.8. The molecule has 0 amide bonds. The second kappa shape index (κ2) is 4.42. The molecule has 0 aliphatic carbocycles. The standard InChI is InChI=1S/C6H12O5S/c1-5(6(7)10-2)4-12(8,9)11-3/h5H,4H2,1-3H3. The zero-order valence-corrected chi connectivity index (χ0v) is 8.05. The summed E-state index contributed by atoms with van der Waals surface area (Å²) in [6.07, 6.45) is 0. The lowest BCUT2D eigenvalue weighted by Gasteiger charge is -2.07. The fraction of sp³-hybridized carbons (Fsp3) is 0.833. The highest BCUT2D eigenvalue weighted by Gasteiger charge is 2.21. The Morgan fingerprint density at radius 3 is 2.25 bits per heavy atom. The van der Waals surface area contributed by atoms with Gasteiger partial charge < -0.3 is 4.74 Å². The van der Waals surface area contributed by atoms with Gasteiger partial charge in [-0.05, 0) is 0 Å². The molecule has 1 unspecified atom stereocenters. The van der Waals surface area contributed by atoms with Crippen LogP contribution < -0.4 is 0 Å². The minimum atomic E-state index is -3.57. The molecule has 0 aliphatic rings. The van der Waals surface area contributed by atoms with Crippen LogP contribution in [0, 0.1) is 5.92 Å². The molecule has 0 aromatic heterocycles. The van der Waals surface area contributed by atoms with Crippen molar-refractivity contribution < 1.29 is 22.1 Å². The Morgan fingerprint density at radius 2 is 1.92 bits per heavy atom. The zero-order valence-electron chi connectivity index (χ0n) is 7.23. The van der Waals surface area contributed by atoms with Gasteiger partial charge in [-0.3, -0.25) is 8.98 Å². The SMILES string of the molecule is COC(=O)C(C)CS(=O)(=O)OC. The van der Waals surface area contributed by atoms with Gasteiger partial charge in [0.15, 0.2) is 0 Å². The molecule has 0 bridgehead atoms.